The van der Waals surface area contributed by atoms with Crippen molar-refractivity contribution in [1.82, 2.24) is 9.80 Å². The summed E-state index contributed by atoms with van der Waals surface area (Å²) in [7, 11) is 0. The highest BCUT2D eigenvalue weighted by Crippen LogP contribution is 2.44. The number of amides is 2. The molecule has 6 aromatic carbocycles. The summed E-state index contributed by atoms with van der Waals surface area (Å²) in [4.78, 5) is 31.1. The van der Waals surface area contributed by atoms with Crippen LogP contribution < -0.4 is 18.9 Å². The lowest BCUT2D eigenvalue weighted by Gasteiger charge is -2.47. The van der Waals surface area contributed by atoms with Gasteiger partial charge in [0.25, 0.3) is 11.8 Å². The predicted octanol–water partition coefficient (Wildman–Crippen LogP) is 7.72. The van der Waals surface area contributed by atoms with Crippen LogP contribution in [0, 0.1) is 0 Å². The van der Waals surface area contributed by atoms with E-state index in [1.807, 2.05) is 146 Å². The Morgan fingerprint density at radius 1 is 0.466 bits per heavy atom. The van der Waals surface area contributed by atoms with Gasteiger partial charge >= 0.3 is 0 Å². The van der Waals surface area contributed by atoms with E-state index in [0.29, 0.717) is 62.5 Å². The van der Waals surface area contributed by atoms with Crippen LogP contribution >= 0.6 is 0 Å². The number of carbonyl (C=O) groups excluding carboxylic acids is 2. The molecule has 0 saturated carbocycles. The fraction of sp³-hybridized carbons (Fsp3) is 0.250. The minimum Gasteiger partial charge on any atom is -0.489 e. The molecule has 0 bridgehead atoms. The van der Waals surface area contributed by atoms with Gasteiger partial charge in [0, 0.05) is 35.0 Å². The van der Waals surface area contributed by atoms with E-state index in [4.69, 9.17) is 28.4 Å². The van der Waals surface area contributed by atoms with Crippen LogP contribution in [-0.2, 0) is 19.1 Å². The molecule has 2 unspecified atom stereocenters. The number of fused-ring (bicyclic) bond motifs is 8. The van der Waals surface area contributed by atoms with E-state index < -0.39 is 12.2 Å². The molecule has 0 aliphatic carbocycles. The number of para-hydroxylation sites is 2. The van der Waals surface area contributed by atoms with Gasteiger partial charge < -0.3 is 38.2 Å². The maximum Gasteiger partial charge on any atom is 0.266 e. The van der Waals surface area contributed by atoms with E-state index in [9.17, 15) is 9.59 Å². The van der Waals surface area contributed by atoms with E-state index in [2.05, 4.69) is 0 Å². The molecular formula is C48H44N2O8. The fourth-order valence-corrected chi connectivity index (χ4v) is 8.07. The summed E-state index contributed by atoms with van der Waals surface area (Å²) in [6.07, 6.45) is 2.35. The number of nitrogens with zero attached hydrogens (tertiary/aromatic N) is 2. The van der Waals surface area contributed by atoms with Crippen molar-refractivity contribution in [3.8, 4) is 23.0 Å². The van der Waals surface area contributed by atoms with Crippen molar-refractivity contribution in [2.45, 2.75) is 24.3 Å². The van der Waals surface area contributed by atoms with E-state index in [1.165, 1.54) is 0 Å². The number of hydrogen-bond acceptors (Lipinski definition) is 8. The third kappa shape index (κ3) is 7.44. The fourth-order valence-electron chi connectivity index (χ4n) is 8.07. The first-order valence-corrected chi connectivity index (χ1v) is 19.8. The highest BCUT2D eigenvalue weighted by molar-refractivity contribution is 5.93. The minimum absolute atomic E-state index is 0.115. The molecule has 3 heterocycles. The van der Waals surface area contributed by atoms with Crippen LogP contribution in [0.15, 0.2) is 146 Å². The molecule has 3 aliphatic rings. The summed E-state index contributed by atoms with van der Waals surface area (Å²) in [6.45, 7) is 2.59. The van der Waals surface area contributed by atoms with Crippen molar-refractivity contribution in [2.75, 3.05) is 52.7 Å². The molecule has 2 fully saturated rings. The Morgan fingerprint density at radius 2 is 0.879 bits per heavy atom. The Kier molecular flexibility index (Phi) is 10.9. The van der Waals surface area contributed by atoms with E-state index in [-0.39, 0.29) is 37.1 Å². The van der Waals surface area contributed by atoms with Crippen molar-refractivity contribution in [2.24, 2.45) is 0 Å². The van der Waals surface area contributed by atoms with Crippen LogP contribution in [0.3, 0.4) is 0 Å². The number of β-lactam (4-membered cyclic amide) rings is 2. The molecule has 6 aromatic rings. The SMILES string of the molecule is O=C1C(Oc2cccc3ccccc23)C2c3ccccc3OC/C=C/COc3ccccc3[C@H]3[C@@H](Oc4cccc5ccccc45)C(=O)N3CCOCCOCCN12. The number of ether oxygens (including phenoxy) is 6. The van der Waals surface area contributed by atoms with E-state index >= 15 is 0 Å². The Hall–Kier alpha value is -6.36. The Balaban J connectivity index is 0.943. The molecule has 0 N–H and O–H groups in total. The molecule has 0 radical (unpaired) electrons. The Labute approximate surface area is 337 Å². The molecule has 294 valence electrons. The van der Waals surface area contributed by atoms with Crippen LogP contribution in [0.5, 0.6) is 23.0 Å². The summed E-state index contributed by atoms with van der Waals surface area (Å²) >= 11 is 0. The average Bonchev–Trinajstić information content (AvgIpc) is 3.26. The lowest BCUT2D eigenvalue weighted by Crippen LogP contribution is -2.62. The number of hydrogen-bond donors (Lipinski definition) is 0. The largest absolute Gasteiger partial charge is 0.489 e. The smallest absolute Gasteiger partial charge is 0.266 e. The van der Waals surface area contributed by atoms with Gasteiger partial charge in [0.05, 0.1) is 26.4 Å². The number of benzene rings is 6. The molecule has 4 atom stereocenters. The molecule has 0 aromatic heterocycles. The summed E-state index contributed by atoms with van der Waals surface area (Å²) in [5, 5.41) is 3.97. The van der Waals surface area contributed by atoms with Crippen LogP contribution in [0.1, 0.15) is 23.2 Å². The molecular weight excluding hydrogens is 733 g/mol. The second kappa shape index (κ2) is 17.0. The number of carbonyl (C=O) groups is 2. The molecule has 10 nitrogen and oxygen atoms in total. The van der Waals surface area contributed by atoms with Crippen molar-refractivity contribution in [1.29, 1.82) is 0 Å². The zero-order chi connectivity index (χ0) is 39.3. The highest BCUT2D eigenvalue weighted by Gasteiger charge is 2.52. The van der Waals surface area contributed by atoms with Gasteiger partial charge in [-0.3, -0.25) is 9.59 Å². The molecule has 2 amide bonds. The third-order valence-electron chi connectivity index (χ3n) is 10.9. The standard InChI is InChI=1S/C48H44N2O8/c51-47-45(57-41-23-11-15-33-13-1-3-17-35(33)41)43-37-19-5-7-21-39(37)55-27-9-10-28-56-40-22-8-6-20-38(40)44-46(58-42-24-12-16-34-14-2-4-18-36(34)42)48(52)50(44)26-30-54-32-31-53-29-25-49(43)47/h1-24,43-46H,25-32H2/b10-9+/t43-,44?,45+,46?/m0/s1. The van der Waals surface area contributed by atoms with E-state index in [0.717, 1.165) is 32.7 Å². The van der Waals surface area contributed by atoms with Gasteiger partial charge in [-0.25, -0.2) is 0 Å². The maximum atomic E-state index is 13.8. The van der Waals surface area contributed by atoms with Crippen molar-refractivity contribution < 1.29 is 38.0 Å². The normalized spacial score (nSPS) is 22.2. The predicted molar refractivity (Wildman–Crippen MR) is 220 cm³/mol. The molecule has 2 saturated heterocycles. The molecule has 10 heteroatoms. The third-order valence-corrected chi connectivity index (χ3v) is 10.9. The van der Waals surface area contributed by atoms with Crippen LogP contribution in [0.25, 0.3) is 21.5 Å². The zero-order valence-electron chi connectivity index (χ0n) is 32.0. The van der Waals surface area contributed by atoms with Gasteiger partial charge in [-0.05, 0) is 47.2 Å². The topological polar surface area (TPSA) is 96.0 Å². The Morgan fingerprint density at radius 3 is 1.36 bits per heavy atom. The minimum atomic E-state index is -0.737. The first kappa shape index (κ1) is 37.2. The summed E-state index contributed by atoms with van der Waals surface area (Å²) in [5.74, 6) is 2.41. The quantitative estimate of drug-likeness (QED) is 0.133. The molecule has 58 heavy (non-hydrogen) atoms. The van der Waals surface area contributed by atoms with Crippen LogP contribution in [0.4, 0.5) is 0 Å². The van der Waals surface area contributed by atoms with Crippen molar-refractivity contribution in [3.63, 3.8) is 0 Å². The first-order valence-electron chi connectivity index (χ1n) is 19.8. The summed E-state index contributed by atoms with van der Waals surface area (Å²) < 4.78 is 37.7. The van der Waals surface area contributed by atoms with Gasteiger partial charge in [0.15, 0.2) is 0 Å². The highest BCUT2D eigenvalue weighted by atomic mass is 16.5. The van der Waals surface area contributed by atoms with Gasteiger partial charge in [-0.2, -0.15) is 0 Å². The van der Waals surface area contributed by atoms with Crippen molar-refractivity contribution in [3.05, 3.63) is 157 Å². The van der Waals surface area contributed by atoms with E-state index in [1.54, 1.807) is 9.80 Å². The second-order valence-corrected chi connectivity index (χ2v) is 14.4. The maximum absolute atomic E-state index is 13.8. The van der Waals surface area contributed by atoms with Gasteiger partial charge in [-0.15, -0.1) is 0 Å². The molecule has 9 rings (SSSR count). The molecule has 3 aliphatic heterocycles. The van der Waals surface area contributed by atoms with Crippen LogP contribution in [-0.4, -0.2) is 86.6 Å². The number of rotatable bonds is 4. The summed E-state index contributed by atoms with van der Waals surface area (Å²) in [5.41, 5.74) is 1.72. The first-order chi connectivity index (χ1) is 28.7. The van der Waals surface area contributed by atoms with Gasteiger partial charge in [0.2, 0.25) is 12.2 Å². The Bertz CT molecular complexity index is 2270. The second-order valence-electron chi connectivity index (χ2n) is 14.4. The van der Waals surface area contributed by atoms with Crippen LogP contribution in [0.2, 0.25) is 0 Å². The van der Waals surface area contributed by atoms with Gasteiger partial charge in [-0.1, -0.05) is 109 Å². The van der Waals surface area contributed by atoms with Crippen molar-refractivity contribution >= 4 is 33.4 Å². The van der Waals surface area contributed by atoms with Gasteiger partial charge in [0.1, 0.15) is 48.3 Å². The molecule has 0 spiro atoms. The lowest BCUT2D eigenvalue weighted by molar-refractivity contribution is -0.166. The summed E-state index contributed by atoms with van der Waals surface area (Å²) in [6, 6.07) is 42.5. The lowest BCUT2D eigenvalue weighted by atomic mass is 9.89. The zero-order valence-corrected chi connectivity index (χ0v) is 32.0. The average molecular weight is 777 g/mol. The monoisotopic (exact) mass is 776 g/mol.